The fraction of sp³-hybridized carbons (Fsp3) is 0.600. The normalized spacial score (nSPS) is 19.8. The Morgan fingerprint density at radius 1 is 1.11 bits per heavy atom. The average Bonchev–Trinajstić information content (AvgIpc) is 2.12. The van der Waals surface area contributed by atoms with E-state index in [4.69, 9.17) is 0 Å². The van der Waals surface area contributed by atoms with E-state index in [-0.39, 0.29) is 24.8 Å². The second-order valence-corrected chi connectivity index (χ2v) is 4.73. The van der Waals surface area contributed by atoms with Crippen LogP contribution in [0, 0.1) is 5.41 Å². The number of anilines is 1. The standard InChI is InChI=1S/C10H11F3N4.2ClH/c11-10(12,13)7-1-15-8(16-2-7)17-5-9(6-17)3-14-4-9;;/h1-2,14H,3-6H2;2*1H. The van der Waals surface area contributed by atoms with Gasteiger partial charge < -0.3 is 10.2 Å². The van der Waals surface area contributed by atoms with E-state index in [1.807, 2.05) is 4.90 Å². The van der Waals surface area contributed by atoms with E-state index in [2.05, 4.69) is 15.3 Å². The highest BCUT2D eigenvalue weighted by Gasteiger charge is 2.48. The van der Waals surface area contributed by atoms with Crippen LogP contribution in [0.15, 0.2) is 12.4 Å². The number of nitrogens with one attached hydrogen (secondary N) is 1. The topological polar surface area (TPSA) is 41.1 Å². The highest BCUT2D eigenvalue weighted by Crippen LogP contribution is 2.36. The summed E-state index contributed by atoms with van der Waals surface area (Å²) < 4.78 is 36.9. The first-order valence-electron chi connectivity index (χ1n) is 5.34. The molecule has 0 radical (unpaired) electrons. The van der Waals surface area contributed by atoms with Crippen LogP contribution in [0.2, 0.25) is 0 Å². The summed E-state index contributed by atoms with van der Waals surface area (Å²) >= 11 is 0. The van der Waals surface area contributed by atoms with Crippen molar-refractivity contribution in [2.45, 2.75) is 6.18 Å². The highest BCUT2D eigenvalue weighted by molar-refractivity contribution is 5.85. The van der Waals surface area contributed by atoms with Gasteiger partial charge in [-0.05, 0) is 0 Å². The number of rotatable bonds is 1. The highest BCUT2D eigenvalue weighted by atomic mass is 35.5. The molecule has 2 saturated heterocycles. The quantitative estimate of drug-likeness (QED) is 0.857. The summed E-state index contributed by atoms with van der Waals surface area (Å²) in [6, 6.07) is 0. The van der Waals surface area contributed by atoms with Crippen LogP contribution < -0.4 is 10.2 Å². The minimum Gasteiger partial charge on any atom is -0.339 e. The minimum atomic E-state index is -4.37. The van der Waals surface area contributed by atoms with Gasteiger partial charge in [0, 0.05) is 44.0 Å². The molecule has 1 N–H and O–H groups in total. The molecule has 3 rings (SSSR count). The predicted octanol–water partition coefficient (Wildman–Crippen LogP) is 1.75. The molecule has 19 heavy (non-hydrogen) atoms. The molecular formula is C10H13Cl2F3N4. The summed E-state index contributed by atoms with van der Waals surface area (Å²) in [6.45, 7) is 3.60. The Balaban J connectivity index is 0.000000902. The number of alkyl halides is 3. The van der Waals surface area contributed by atoms with Crippen molar-refractivity contribution in [3.8, 4) is 0 Å². The van der Waals surface area contributed by atoms with Crippen molar-refractivity contribution in [3.05, 3.63) is 18.0 Å². The number of aromatic nitrogens is 2. The molecule has 0 aliphatic carbocycles. The lowest BCUT2D eigenvalue weighted by atomic mass is 9.75. The monoisotopic (exact) mass is 316 g/mol. The molecule has 1 aromatic rings. The molecule has 4 nitrogen and oxygen atoms in total. The summed E-state index contributed by atoms with van der Waals surface area (Å²) in [5.74, 6) is 0.385. The van der Waals surface area contributed by atoms with E-state index in [1.165, 1.54) is 0 Å². The molecule has 1 aromatic heterocycles. The Labute approximate surface area is 120 Å². The molecule has 1 spiro atoms. The SMILES string of the molecule is Cl.Cl.FC(F)(F)c1cnc(N2CC3(CNC3)C2)nc1. The summed E-state index contributed by atoms with van der Waals surface area (Å²) in [4.78, 5) is 9.43. The zero-order valence-electron chi connectivity index (χ0n) is 9.78. The van der Waals surface area contributed by atoms with E-state index in [9.17, 15) is 13.2 Å². The van der Waals surface area contributed by atoms with Crippen LogP contribution in [0.1, 0.15) is 5.56 Å². The molecule has 108 valence electrons. The van der Waals surface area contributed by atoms with Crippen LogP contribution in [0.4, 0.5) is 19.1 Å². The van der Waals surface area contributed by atoms with Gasteiger partial charge in [0.05, 0.1) is 5.56 Å². The molecule has 0 aromatic carbocycles. The molecule has 2 fully saturated rings. The van der Waals surface area contributed by atoms with Crippen molar-refractivity contribution in [3.63, 3.8) is 0 Å². The molecule has 0 amide bonds. The molecule has 3 heterocycles. The van der Waals surface area contributed by atoms with Crippen molar-refractivity contribution >= 4 is 30.8 Å². The van der Waals surface area contributed by atoms with Gasteiger partial charge in [-0.3, -0.25) is 0 Å². The maximum Gasteiger partial charge on any atom is 0.419 e. The van der Waals surface area contributed by atoms with Gasteiger partial charge >= 0.3 is 6.18 Å². The second kappa shape index (κ2) is 5.30. The average molecular weight is 317 g/mol. The van der Waals surface area contributed by atoms with E-state index in [0.29, 0.717) is 11.4 Å². The van der Waals surface area contributed by atoms with E-state index >= 15 is 0 Å². The first kappa shape index (κ1) is 16.3. The van der Waals surface area contributed by atoms with Gasteiger partial charge in [0.1, 0.15) is 0 Å². The van der Waals surface area contributed by atoms with Gasteiger partial charge in [-0.25, -0.2) is 9.97 Å². The van der Waals surface area contributed by atoms with Gasteiger partial charge in [0.25, 0.3) is 0 Å². The van der Waals surface area contributed by atoms with Gasteiger partial charge in [0.15, 0.2) is 0 Å². The largest absolute Gasteiger partial charge is 0.419 e. The molecule has 2 aliphatic heterocycles. The second-order valence-electron chi connectivity index (χ2n) is 4.73. The van der Waals surface area contributed by atoms with Crippen molar-refractivity contribution in [2.24, 2.45) is 5.41 Å². The molecule has 0 saturated carbocycles. The van der Waals surface area contributed by atoms with Crippen LogP contribution in [0.3, 0.4) is 0 Å². The van der Waals surface area contributed by atoms with Crippen molar-refractivity contribution < 1.29 is 13.2 Å². The summed E-state index contributed by atoms with van der Waals surface area (Å²) in [7, 11) is 0. The maximum absolute atomic E-state index is 12.3. The van der Waals surface area contributed by atoms with Gasteiger partial charge in [0.2, 0.25) is 5.95 Å². The van der Waals surface area contributed by atoms with E-state index in [0.717, 1.165) is 38.6 Å². The summed E-state index contributed by atoms with van der Waals surface area (Å²) in [5, 5.41) is 3.19. The molecule has 0 unspecified atom stereocenters. The van der Waals surface area contributed by atoms with E-state index in [1.54, 1.807) is 0 Å². The Bertz CT molecular complexity index is 425. The number of nitrogens with zero attached hydrogens (tertiary/aromatic N) is 3. The number of halogens is 5. The van der Waals surface area contributed by atoms with Crippen molar-refractivity contribution in [1.82, 2.24) is 15.3 Å². The van der Waals surface area contributed by atoms with Crippen LogP contribution in [0.5, 0.6) is 0 Å². The van der Waals surface area contributed by atoms with Crippen molar-refractivity contribution in [1.29, 1.82) is 0 Å². The fourth-order valence-electron chi connectivity index (χ4n) is 2.24. The van der Waals surface area contributed by atoms with Crippen LogP contribution in [-0.4, -0.2) is 36.1 Å². The Morgan fingerprint density at radius 3 is 2.00 bits per heavy atom. The third-order valence-electron chi connectivity index (χ3n) is 3.30. The Kier molecular flexibility index (Phi) is 4.54. The lowest BCUT2D eigenvalue weighted by molar-refractivity contribution is -0.138. The first-order chi connectivity index (χ1) is 7.99. The smallest absolute Gasteiger partial charge is 0.339 e. The third kappa shape index (κ3) is 2.88. The third-order valence-corrected chi connectivity index (χ3v) is 3.30. The lowest BCUT2D eigenvalue weighted by Crippen LogP contribution is -2.71. The zero-order valence-corrected chi connectivity index (χ0v) is 11.4. The summed E-state index contributed by atoms with van der Waals surface area (Å²) in [5.41, 5.74) is -0.492. The molecular weight excluding hydrogens is 304 g/mol. The molecule has 9 heteroatoms. The van der Waals surface area contributed by atoms with Crippen LogP contribution >= 0.6 is 24.8 Å². The molecule has 2 aliphatic rings. The van der Waals surface area contributed by atoms with Gasteiger partial charge in [-0.2, -0.15) is 13.2 Å². The summed E-state index contributed by atoms with van der Waals surface area (Å²) in [6.07, 6.45) is -2.69. The first-order valence-corrected chi connectivity index (χ1v) is 5.34. The lowest BCUT2D eigenvalue weighted by Gasteiger charge is -2.55. The maximum atomic E-state index is 12.3. The zero-order chi connectivity index (χ0) is 12.1. The fourth-order valence-corrected chi connectivity index (χ4v) is 2.24. The minimum absolute atomic E-state index is 0. The predicted molar refractivity (Wildman–Crippen MR) is 69.0 cm³/mol. The van der Waals surface area contributed by atoms with Crippen LogP contribution in [-0.2, 0) is 6.18 Å². The Morgan fingerprint density at radius 2 is 1.63 bits per heavy atom. The van der Waals surface area contributed by atoms with E-state index < -0.39 is 11.7 Å². The van der Waals surface area contributed by atoms with Crippen molar-refractivity contribution in [2.75, 3.05) is 31.1 Å². The molecule has 0 bridgehead atoms. The number of hydrogen-bond acceptors (Lipinski definition) is 4. The van der Waals surface area contributed by atoms with Crippen LogP contribution in [0.25, 0.3) is 0 Å². The number of hydrogen-bond donors (Lipinski definition) is 1. The Hall–Kier alpha value is -0.790. The van der Waals surface area contributed by atoms with Gasteiger partial charge in [-0.1, -0.05) is 0 Å². The molecule has 0 atom stereocenters. The van der Waals surface area contributed by atoms with Gasteiger partial charge in [-0.15, -0.1) is 24.8 Å².